The molecule has 0 N–H and O–H groups in total. The van der Waals surface area contributed by atoms with Crippen LogP contribution in [0.5, 0.6) is 5.75 Å². The zero-order chi connectivity index (χ0) is 25.3. The number of benzene rings is 3. The zero-order valence-electron chi connectivity index (χ0n) is 19.3. The SMILES string of the molecule is C=CCOc1ccc([C@H]2[C@H](C(=O)c3ccc(F)cc3)N3C=Cc4ccccc4[C@H]3C2(C#N)C#N)cc1. The quantitative estimate of drug-likeness (QED) is 0.333. The largest absolute Gasteiger partial charge is 0.490 e. The molecule has 0 aromatic heterocycles. The molecule has 3 atom stereocenters. The van der Waals surface area contributed by atoms with Crippen LogP contribution in [0, 0.1) is 33.9 Å². The van der Waals surface area contributed by atoms with Crippen LogP contribution in [0.4, 0.5) is 4.39 Å². The molecule has 2 aliphatic heterocycles. The third kappa shape index (κ3) is 3.56. The van der Waals surface area contributed by atoms with E-state index in [-0.39, 0.29) is 5.78 Å². The Bertz CT molecular complexity index is 1420. The van der Waals surface area contributed by atoms with Gasteiger partial charge in [-0.25, -0.2) is 4.39 Å². The molecule has 3 aromatic rings. The molecule has 2 aliphatic rings. The molecule has 0 radical (unpaired) electrons. The molecule has 176 valence electrons. The first-order valence-corrected chi connectivity index (χ1v) is 11.5. The maximum atomic E-state index is 14.0. The molecule has 0 saturated carbocycles. The second-order valence-corrected chi connectivity index (χ2v) is 8.85. The first-order valence-electron chi connectivity index (χ1n) is 11.5. The summed E-state index contributed by atoms with van der Waals surface area (Å²) in [5, 5.41) is 21.1. The highest BCUT2D eigenvalue weighted by Crippen LogP contribution is 2.60. The third-order valence-corrected chi connectivity index (χ3v) is 6.95. The highest BCUT2D eigenvalue weighted by Gasteiger charge is 2.63. The van der Waals surface area contributed by atoms with Gasteiger partial charge in [0.1, 0.15) is 24.2 Å². The van der Waals surface area contributed by atoms with E-state index in [2.05, 4.69) is 18.7 Å². The number of hydrogen-bond acceptors (Lipinski definition) is 5. The van der Waals surface area contributed by atoms with Gasteiger partial charge in [0.05, 0.1) is 18.2 Å². The summed E-state index contributed by atoms with van der Waals surface area (Å²) in [6.07, 6.45) is 5.33. The normalized spacial score (nSPS) is 21.0. The van der Waals surface area contributed by atoms with Gasteiger partial charge < -0.3 is 9.64 Å². The molecular formula is C30H22FN3O2. The minimum absolute atomic E-state index is 0.284. The highest BCUT2D eigenvalue weighted by molar-refractivity contribution is 6.01. The topological polar surface area (TPSA) is 77.1 Å². The summed E-state index contributed by atoms with van der Waals surface area (Å²) in [5.74, 6) is -0.897. The van der Waals surface area contributed by atoms with Crippen LogP contribution in [0.15, 0.2) is 91.7 Å². The van der Waals surface area contributed by atoms with Crippen molar-refractivity contribution in [1.82, 2.24) is 4.90 Å². The van der Waals surface area contributed by atoms with Crippen molar-refractivity contribution in [3.63, 3.8) is 0 Å². The summed E-state index contributed by atoms with van der Waals surface area (Å²) >= 11 is 0. The van der Waals surface area contributed by atoms with Gasteiger partial charge in [0, 0.05) is 17.7 Å². The highest BCUT2D eigenvalue weighted by atomic mass is 19.1. The van der Waals surface area contributed by atoms with Crippen molar-refractivity contribution in [3.8, 4) is 17.9 Å². The van der Waals surface area contributed by atoms with E-state index < -0.39 is 29.2 Å². The van der Waals surface area contributed by atoms with Crippen molar-refractivity contribution in [2.45, 2.75) is 18.0 Å². The van der Waals surface area contributed by atoms with E-state index in [0.29, 0.717) is 23.5 Å². The molecule has 2 heterocycles. The maximum Gasteiger partial charge on any atom is 0.185 e. The van der Waals surface area contributed by atoms with Crippen molar-refractivity contribution >= 4 is 11.9 Å². The van der Waals surface area contributed by atoms with Crippen molar-refractivity contribution in [2.75, 3.05) is 6.61 Å². The monoisotopic (exact) mass is 475 g/mol. The summed E-state index contributed by atoms with van der Waals surface area (Å²) in [4.78, 5) is 15.8. The Balaban J connectivity index is 1.70. The van der Waals surface area contributed by atoms with Crippen molar-refractivity contribution in [1.29, 1.82) is 10.5 Å². The van der Waals surface area contributed by atoms with E-state index in [1.165, 1.54) is 24.3 Å². The van der Waals surface area contributed by atoms with Crippen LogP contribution in [-0.4, -0.2) is 23.3 Å². The van der Waals surface area contributed by atoms with Crippen LogP contribution in [0.25, 0.3) is 6.08 Å². The van der Waals surface area contributed by atoms with E-state index in [1.807, 2.05) is 35.2 Å². The van der Waals surface area contributed by atoms with Gasteiger partial charge in [0.25, 0.3) is 0 Å². The molecule has 5 nitrogen and oxygen atoms in total. The molecular weight excluding hydrogens is 453 g/mol. The average molecular weight is 476 g/mol. The predicted octanol–water partition coefficient (Wildman–Crippen LogP) is 5.80. The van der Waals surface area contributed by atoms with Gasteiger partial charge in [-0.1, -0.05) is 49.1 Å². The smallest absolute Gasteiger partial charge is 0.185 e. The van der Waals surface area contributed by atoms with E-state index >= 15 is 0 Å². The zero-order valence-corrected chi connectivity index (χ0v) is 19.3. The number of carbonyl (C=O) groups excluding carboxylic acids is 1. The lowest BCUT2D eigenvalue weighted by Crippen LogP contribution is -2.37. The van der Waals surface area contributed by atoms with Crippen LogP contribution >= 0.6 is 0 Å². The number of ketones is 1. The lowest BCUT2D eigenvalue weighted by molar-refractivity contribution is 0.0874. The van der Waals surface area contributed by atoms with Crippen LogP contribution in [0.3, 0.4) is 0 Å². The molecule has 5 rings (SSSR count). The Morgan fingerprint density at radius 2 is 1.75 bits per heavy atom. The summed E-state index contributed by atoms with van der Waals surface area (Å²) in [6.45, 7) is 3.99. The number of rotatable bonds is 6. The molecule has 0 aliphatic carbocycles. The molecule has 36 heavy (non-hydrogen) atoms. The minimum atomic E-state index is -1.56. The van der Waals surface area contributed by atoms with Crippen molar-refractivity contribution in [2.24, 2.45) is 5.41 Å². The molecule has 6 heteroatoms. The van der Waals surface area contributed by atoms with Gasteiger partial charge in [-0.15, -0.1) is 0 Å². The average Bonchev–Trinajstić information content (AvgIpc) is 3.23. The Labute approximate surface area is 209 Å². The van der Waals surface area contributed by atoms with Crippen LogP contribution in [0.1, 0.15) is 39.0 Å². The van der Waals surface area contributed by atoms with E-state index in [9.17, 15) is 19.7 Å². The fraction of sp³-hybridized carbons (Fsp3) is 0.167. The van der Waals surface area contributed by atoms with Crippen LogP contribution in [0.2, 0.25) is 0 Å². The second kappa shape index (κ2) is 9.17. The van der Waals surface area contributed by atoms with Crippen LogP contribution < -0.4 is 4.74 Å². The molecule has 0 spiro atoms. The summed E-state index contributed by atoms with van der Waals surface area (Å²) in [7, 11) is 0. The number of Topliss-reactive ketones (excluding diaryl/α,β-unsaturated/α-hetero) is 1. The van der Waals surface area contributed by atoms with E-state index in [1.54, 1.807) is 36.5 Å². The maximum absolute atomic E-state index is 14.0. The number of nitrogens with zero attached hydrogens (tertiary/aromatic N) is 3. The van der Waals surface area contributed by atoms with Crippen LogP contribution in [-0.2, 0) is 0 Å². The van der Waals surface area contributed by atoms with Gasteiger partial charge >= 0.3 is 0 Å². The lowest BCUT2D eigenvalue weighted by atomic mass is 9.67. The van der Waals surface area contributed by atoms with Crippen molar-refractivity contribution < 1.29 is 13.9 Å². The number of nitriles is 2. The lowest BCUT2D eigenvalue weighted by Gasteiger charge is -2.34. The third-order valence-electron chi connectivity index (χ3n) is 6.95. The molecule has 0 bridgehead atoms. The molecule has 0 unspecified atom stereocenters. The first-order chi connectivity index (χ1) is 17.5. The number of halogens is 1. The standard InChI is InChI=1S/C30H22FN3O2/c1-2-17-36-24-13-9-21(10-14-24)26-27(28(35)22-7-11-23(31)12-8-22)34-16-15-20-5-3-4-6-25(20)29(34)30(26,18-32)19-33/h2-16,26-27,29H,1,17H2/t26-,27+,29-/m0/s1. The Morgan fingerprint density at radius 3 is 2.42 bits per heavy atom. The van der Waals surface area contributed by atoms with Crippen molar-refractivity contribution in [3.05, 3.63) is 120 Å². The Kier molecular flexibility index (Phi) is 5.88. The number of fused-ring (bicyclic) bond motifs is 3. The number of carbonyl (C=O) groups is 1. The molecule has 1 fully saturated rings. The number of hydrogen-bond donors (Lipinski definition) is 0. The minimum Gasteiger partial charge on any atom is -0.490 e. The fourth-order valence-corrected chi connectivity index (χ4v) is 5.38. The fourth-order valence-electron chi connectivity index (χ4n) is 5.38. The first kappa shape index (κ1) is 23.1. The van der Waals surface area contributed by atoms with Gasteiger partial charge in [0.2, 0.25) is 0 Å². The molecule has 3 aromatic carbocycles. The Hall–Kier alpha value is -4.68. The van der Waals surface area contributed by atoms with E-state index in [0.717, 1.165) is 11.1 Å². The molecule has 1 saturated heterocycles. The summed E-state index contributed by atoms with van der Waals surface area (Å²) < 4.78 is 19.2. The molecule has 0 amide bonds. The van der Waals surface area contributed by atoms with Gasteiger partial charge in [-0.2, -0.15) is 10.5 Å². The summed E-state index contributed by atoms with van der Waals surface area (Å²) in [5.41, 5.74) is 1.13. The second-order valence-electron chi connectivity index (χ2n) is 8.85. The van der Waals surface area contributed by atoms with Gasteiger partial charge in [0.15, 0.2) is 11.2 Å². The summed E-state index contributed by atoms with van der Waals surface area (Å²) in [6, 6.07) is 23.2. The van der Waals surface area contributed by atoms with Gasteiger partial charge in [-0.3, -0.25) is 4.79 Å². The van der Waals surface area contributed by atoms with Gasteiger partial charge in [-0.05, 0) is 59.2 Å². The number of ether oxygens (including phenoxy) is 1. The Morgan fingerprint density at radius 1 is 1.06 bits per heavy atom. The van der Waals surface area contributed by atoms with E-state index in [4.69, 9.17) is 4.74 Å². The predicted molar refractivity (Wildman–Crippen MR) is 133 cm³/mol.